The normalized spacial score (nSPS) is 13.1. The summed E-state index contributed by atoms with van der Waals surface area (Å²) in [5, 5.41) is 3.69. The Morgan fingerprint density at radius 1 is 1.25 bits per heavy atom. The van der Waals surface area contributed by atoms with Crippen molar-refractivity contribution in [2.24, 2.45) is 0 Å². The molecular formula is C15H17N2O5PS. The van der Waals surface area contributed by atoms with Gasteiger partial charge in [-0.3, -0.25) is 4.57 Å². The summed E-state index contributed by atoms with van der Waals surface area (Å²) in [6, 6.07) is 9.02. The Labute approximate surface area is 143 Å². The summed E-state index contributed by atoms with van der Waals surface area (Å²) >= 11 is 1.41. The lowest BCUT2D eigenvalue weighted by Gasteiger charge is -2.23. The van der Waals surface area contributed by atoms with Gasteiger partial charge in [-0.2, -0.15) is 0 Å². The first-order chi connectivity index (χ1) is 11.6. The first kappa shape index (κ1) is 17.0. The lowest BCUT2D eigenvalue weighted by atomic mass is 10.3. The molecule has 2 heterocycles. The van der Waals surface area contributed by atoms with Crippen LogP contribution in [0.2, 0.25) is 0 Å². The number of ether oxygens (including phenoxy) is 1. The van der Waals surface area contributed by atoms with Crippen LogP contribution in [0.3, 0.4) is 0 Å². The van der Waals surface area contributed by atoms with Crippen molar-refractivity contribution in [1.82, 2.24) is 4.98 Å². The van der Waals surface area contributed by atoms with Crippen LogP contribution in [0.4, 0.5) is 5.13 Å². The van der Waals surface area contributed by atoms with Gasteiger partial charge in [0.1, 0.15) is 11.5 Å². The predicted octanol–water partition coefficient (Wildman–Crippen LogP) is 4.49. The van der Waals surface area contributed by atoms with Crippen LogP contribution in [0.1, 0.15) is 11.5 Å². The predicted molar refractivity (Wildman–Crippen MR) is 92.9 cm³/mol. The first-order valence-electron chi connectivity index (χ1n) is 7.05. The number of thiazole rings is 1. The van der Waals surface area contributed by atoms with E-state index in [-0.39, 0.29) is 0 Å². The third kappa shape index (κ3) is 3.18. The first-order valence-corrected chi connectivity index (χ1v) is 9.48. The molecule has 1 unspecified atom stereocenters. The molecule has 1 aromatic carbocycles. The zero-order chi connectivity index (χ0) is 17.2. The van der Waals surface area contributed by atoms with Crippen molar-refractivity contribution in [3.63, 3.8) is 0 Å². The van der Waals surface area contributed by atoms with Crippen LogP contribution in [0, 0.1) is 0 Å². The minimum Gasteiger partial charge on any atom is -0.497 e. The second-order valence-corrected chi connectivity index (χ2v) is 8.18. The molecule has 0 radical (unpaired) electrons. The molecule has 24 heavy (non-hydrogen) atoms. The Bertz CT molecular complexity index is 856. The average molecular weight is 368 g/mol. The Morgan fingerprint density at radius 2 is 2.04 bits per heavy atom. The minimum absolute atomic E-state index is 0.443. The molecule has 0 aliphatic carbocycles. The van der Waals surface area contributed by atoms with Gasteiger partial charge in [0.2, 0.25) is 0 Å². The molecule has 1 atom stereocenters. The molecule has 1 N–H and O–H groups in total. The summed E-state index contributed by atoms with van der Waals surface area (Å²) in [5.41, 5.74) is 0.811. The lowest BCUT2D eigenvalue weighted by Crippen LogP contribution is -2.12. The maximum absolute atomic E-state index is 12.9. The molecule has 0 fully saturated rings. The quantitative estimate of drug-likeness (QED) is 0.615. The van der Waals surface area contributed by atoms with Gasteiger partial charge in [-0.25, -0.2) is 4.98 Å². The summed E-state index contributed by atoms with van der Waals surface area (Å²) in [6.45, 7) is 0. The van der Waals surface area contributed by atoms with Gasteiger partial charge in [-0.1, -0.05) is 11.3 Å². The molecule has 0 spiro atoms. The smallest absolute Gasteiger partial charge is 0.360 e. The van der Waals surface area contributed by atoms with Crippen LogP contribution >= 0.6 is 18.9 Å². The van der Waals surface area contributed by atoms with Crippen molar-refractivity contribution in [3.8, 4) is 5.75 Å². The van der Waals surface area contributed by atoms with Gasteiger partial charge in [0, 0.05) is 14.2 Å². The molecule has 128 valence electrons. The van der Waals surface area contributed by atoms with E-state index in [2.05, 4.69) is 10.3 Å². The number of furan rings is 1. The number of hydrogen-bond donors (Lipinski definition) is 1. The van der Waals surface area contributed by atoms with Crippen LogP contribution in [0.5, 0.6) is 5.75 Å². The van der Waals surface area contributed by atoms with Crippen molar-refractivity contribution in [3.05, 3.63) is 42.4 Å². The fourth-order valence-corrected chi connectivity index (χ4v) is 4.57. The SMILES string of the molecule is COc1ccc2nc(NC(c3ccco3)P(=O)(OC)OC)sc2c1. The maximum atomic E-state index is 12.9. The number of aromatic nitrogens is 1. The molecule has 3 aromatic rings. The third-order valence-electron chi connectivity index (χ3n) is 3.49. The van der Waals surface area contributed by atoms with Gasteiger partial charge in [0.25, 0.3) is 0 Å². The molecule has 9 heteroatoms. The van der Waals surface area contributed by atoms with Gasteiger partial charge >= 0.3 is 7.60 Å². The molecule has 2 aromatic heterocycles. The summed E-state index contributed by atoms with van der Waals surface area (Å²) in [7, 11) is 0.823. The maximum Gasteiger partial charge on any atom is 0.360 e. The Balaban J connectivity index is 1.97. The zero-order valence-corrected chi connectivity index (χ0v) is 15.1. The van der Waals surface area contributed by atoms with E-state index < -0.39 is 13.4 Å². The number of rotatable bonds is 7. The van der Waals surface area contributed by atoms with Gasteiger partial charge in [-0.05, 0) is 30.3 Å². The molecule has 7 nitrogen and oxygen atoms in total. The lowest BCUT2D eigenvalue weighted by molar-refractivity contribution is 0.264. The van der Waals surface area contributed by atoms with Crippen LogP contribution in [0.15, 0.2) is 41.0 Å². The van der Waals surface area contributed by atoms with Gasteiger partial charge in [0.15, 0.2) is 10.9 Å². The van der Waals surface area contributed by atoms with E-state index in [9.17, 15) is 4.57 Å². The second kappa shape index (κ2) is 6.94. The van der Waals surface area contributed by atoms with E-state index in [0.717, 1.165) is 16.0 Å². The van der Waals surface area contributed by atoms with Gasteiger partial charge in [0.05, 0.1) is 23.6 Å². The Kier molecular flexibility index (Phi) is 4.91. The molecular weight excluding hydrogens is 351 g/mol. The molecule has 3 rings (SSSR count). The third-order valence-corrected chi connectivity index (χ3v) is 6.48. The van der Waals surface area contributed by atoms with Crippen molar-refractivity contribution in [2.45, 2.75) is 5.78 Å². The summed E-state index contributed by atoms with van der Waals surface area (Å²) < 4.78 is 34.7. The Morgan fingerprint density at radius 3 is 2.67 bits per heavy atom. The topological polar surface area (TPSA) is 82.8 Å². The van der Waals surface area contributed by atoms with E-state index in [4.69, 9.17) is 18.2 Å². The molecule has 0 aliphatic rings. The van der Waals surface area contributed by atoms with Crippen molar-refractivity contribution < 1.29 is 22.8 Å². The number of benzene rings is 1. The van der Waals surface area contributed by atoms with Gasteiger partial charge in [-0.15, -0.1) is 0 Å². The molecule has 0 bridgehead atoms. The number of nitrogens with zero attached hydrogens (tertiary/aromatic N) is 1. The zero-order valence-electron chi connectivity index (χ0n) is 13.4. The monoisotopic (exact) mass is 368 g/mol. The number of methoxy groups -OCH3 is 1. The number of anilines is 1. The molecule has 0 saturated heterocycles. The van der Waals surface area contributed by atoms with E-state index in [1.807, 2.05) is 18.2 Å². The molecule has 0 amide bonds. The number of hydrogen-bond acceptors (Lipinski definition) is 8. The minimum atomic E-state index is -3.47. The van der Waals surface area contributed by atoms with E-state index in [1.165, 1.54) is 31.8 Å². The van der Waals surface area contributed by atoms with Crippen molar-refractivity contribution in [1.29, 1.82) is 0 Å². The van der Waals surface area contributed by atoms with E-state index >= 15 is 0 Å². The van der Waals surface area contributed by atoms with Crippen LogP contribution in [-0.4, -0.2) is 26.3 Å². The summed E-state index contributed by atoms with van der Waals surface area (Å²) in [4.78, 5) is 4.50. The van der Waals surface area contributed by atoms with E-state index in [0.29, 0.717) is 10.9 Å². The van der Waals surface area contributed by atoms with Crippen molar-refractivity contribution >= 4 is 34.3 Å². The highest BCUT2D eigenvalue weighted by Gasteiger charge is 2.38. The highest BCUT2D eigenvalue weighted by atomic mass is 32.1. The largest absolute Gasteiger partial charge is 0.497 e. The summed E-state index contributed by atoms with van der Waals surface area (Å²) in [6.07, 6.45) is 1.50. The standard InChI is InChI=1S/C15H17N2O5PS/c1-19-10-6-7-11-13(9-10)24-15(16-11)17-14(12-5-4-8-22-12)23(18,20-2)21-3/h4-9,14H,1-3H3,(H,16,17). The highest BCUT2D eigenvalue weighted by molar-refractivity contribution is 7.54. The van der Waals surface area contributed by atoms with Crippen LogP contribution in [-0.2, 0) is 13.6 Å². The van der Waals surface area contributed by atoms with E-state index in [1.54, 1.807) is 19.2 Å². The number of fused-ring (bicyclic) bond motifs is 1. The highest BCUT2D eigenvalue weighted by Crippen LogP contribution is 2.60. The fourth-order valence-electron chi connectivity index (χ4n) is 2.25. The van der Waals surface area contributed by atoms with Crippen LogP contribution < -0.4 is 10.1 Å². The van der Waals surface area contributed by atoms with Gasteiger partial charge < -0.3 is 23.5 Å². The van der Waals surface area contributed by atoms with Crippen molar-refractivity contribution in [2.75, 3.05) is 26.6 Å². The van der Waals surface area contributed by atoms with Crippen LogP contribution in [0.25, 0.3) is 10.2 Å². The summed E-state index contributed by atoms with van der Waals surface area (Å²) in [5.74, 6) is 0.392. The fraction of sp³-hybridized carbons (Fsp3) is 0.267. The second-order valence-electron chi connectivity index (χ2n) is 4.82. The Hall–Kier alpha value is -1.86. The molecule has 0 aliphatic heterocycles. The number of nitrogens with one attached hydrogen (secondary N) is 1. The molecule has 0 saturated carbocycles. The average Bonchev–Trinajstić information content (AvgIpc) is 3.27.